The number of halogens is 1. The number of phenols is 1. The summed E-state index contributed by atoms with van der Waals surface area (Å²) in [4.78, 5) is 15.4. The lowest BCUT2D eigenvalue weighted by Crippen LogP contribution is -2.34. The summed E-state index contributed by atoms with van der Waals surface area (Å²) < 4.78 is 0. The van der Waals surface area contributed by atoms with Crippen LogP contribution in [0.2, 0.25) is 0 Å². The average molecular weight is 552 g/mol. The molecule has 3 unspecified atom stereocenters. The molecule has 3 atom stereocenters. The molecule has 5 nitrogen and oxygen atoms in total. The second-order valence-electron chi connectivity index (χ2n) is 12.9. The Hall–Kier alpha value is -1.40. The topological polar surface area (TPSA) is 84.6 Å². The molecule has 6 heteroatoms. The number of hydrogen-bond donors (Lipinski definition) is 3. The monoisotopic (exact) mass is 550 g/mol. The van der Waals surface area contributed by atoms with Crippen molar-refractivity contribution in [2.24, 2.45) is 17.8 Å². The van der Waals surface area contributed by atoms with Gasteiger partial charge < -0.3 is 15.1 Å². The van der Waals surface area contributed by atoms with Gasteiger partial charge in [0.15, 0.2) is 5.78 Å². The third kappa shape index (κ3) is 6.30. The zero-order valence-corrected chi connectivity index (χ0v) is 24.7. The van der Waals surface area contributed by atoms with Crippen molar-refractivity contribution in [2.75, 3.05) is 13.1 Å². The number of phenolic OH excluding ortho intramolecular Hbond substituents is 1. The number of aromatic hydroxyl groups is 1. The molecule has 198 valence electrons. The SMILES string of the molecule is Br.CCC(O)(CC)CC1CC2CN(CC(=O)c3cc(C(C)(C)C)c(O)c(C(C)(C)C)c3)C(=N)C2C1. The molecule has 0 bridgehead atoms. The van der Waals surface area contributed by atoms with Gasteiger partial charge in [0.2, 0.25) is 0 Å². The van der Waals surface area contributed by atoms with Gasteiger partial charge in [-0.25, -0.2) is 0 Å². The summed E-state index contributed by atoms with van der Waals surface area (Å²) in [5.74, 6) is 1.93. The third-order valence-corrected chi connectivity index (χ3v) is 8.31. The number of aliphatic hydroxyl groups is 1. The second-order valence-corrected chi connectivity index (χ2v) is 12.9. The fourth-order valence-electron chi connectivity index (χ4n) is 5.99. The first kappa shape index (κ1) is 29.8. The molecule has 1 saturated heterocycles. The molecule has 0 aromatic heterocycles. The molecule has 1 aliphatic heterocycles. The number of Topliss-reactive ketones (excluding diaryl/α,β-unsaturated/α-hetero) is 1. The van der Waals surface area contributed by atoms with E-state index in [4.69, 9.17) is 5.41 Å². The summed E-state index contributed by atoms with van der Waals surface area (Å²) in [7, 11) is 0. The highest BCUT2D eigenvalue weighted by atomic mass is 79.9. The van der Waals surface area contributed by atoms with Gasteiger partial charge in [-0.05, 0) is 66.9 Å². The van der Waals surface area contributed by atoms with E-state index in [9.17, 15) is 15.0 Å². The largest absolute Gasteiger partial charge is 0.507 e. The van der Waals surface area contributed by atoms with Crippen molar-refractivity contribution >= 4 is 28.6 Å². The maximum absolute atomic E-state index is 13.4. The lowest BCUT2D eigenvalue weighted by molar-refractivity contribution is 0.00776. The summed E-state index contributed by atoms with van der Waals surface area (Å²) in [6, 6.07) is 3.69. The average Bonchev–Trinajstić information content (AvgIpc) is 3.24. The van der Waals surface area contributed by atoms with Gasteiger partial charge in [0.25, 0.3) is 0 Å². The molecule has 1 aromatic carbocycles. The number of hydrogen-bond acceptors (Lipinski definition) is 4. The molecule has 0 spiro atoms. The van der Waals surface area contributed by atoms with Crippen molar-refractivity contribution in [2.45, 2.75) is 104 Å². The van der Waals surface area contributed by atoms with Crippen molar-refractivity contribution in [3.63, 3.8) is 0 Å². The normalized spacial score (nSPS) is 22.8. The highest BCUT2D eigenvalue weighted by molar-refractivity contribution is 8.93. The van der Waals surface area contributed by atoms with E-state index in [0.29, 0.717) is 23.2 Å². The van der Waals surface area contributed by atoms with Crippen LogP contribution in [-0.2, 0) is 10.8 Å². The molecule has 1 saturated carbocycles. The molecule has 3 N–H and O–H groups in total. The van der Waals surface area contributed by atoms with E-state index in [0.717, 1.165) is 49.8 Å². The van der Waals surface area contributed by atoms with Crippen LogP contribution in [-0.4, -0.2) is 45.4 Å². The van der Waals surface area contributed by atoms with Crippen LogP contribution in [0.25, 0.3) is 0 Å². The van der Waals surface area contributed by atoms with Crippen molar-refractivity contribution < 1.29 is 15.0 Å². The minimum Gasteiger partial charge on any atom is -0.507 e. The van der Waals surface area contributed by atoms with Crippen LogP contribution >= 0.6 is 17.0 Å². The minimum absolute atomic E-state index is 0. The van der Waals surface area contributed by atoms with Gasteiger partial charge in [-0.3, -0.25) is 10.2 Å². The second kappa shape index (κ2) is 10.5. The number of fused-ring (bicyclic) bond motifs is 1. The van der Waals surface area contributed by atoms with Crippen LogP contribution in [0.3, 0.4) is 0 Å². The Kier molecular flexibility index (Phi) is 8.97. The smallest absolute Gasteiger partial charge is 0.182 e. The fraction of sp³-hybridized carbons (Fsp3) is 0.724. The van der Waals surface area contributed by atoms with Crippen LogP contribution in [0.4, 0.5) is 0 Å². The van der Waals surface area contributed by atoms with E-state index < -0.39 is 5.60 Å². The van der Waals surface area contributed by atoms with Crippen LogP contribution < -0.4 is 0 Å². The van der Waals surface area contributed by atoms with Crippen LogP contribution in [0.5, 0.6) is 5.75 Å². The zero-order chi connectivity index (χ0) is 25.6. The number of nitrogens with zero attached hydrogens (tertiary/aromatic N) is 1. The lowest BCUT2D eigenvalue weighted by atomic mass is 9.78. The Balaban J connectivity index is 0.00000432. The predicted octanol–water partition coefficient (Wildman–Crippen LogP) is 6.62. The van der Waals surface area contributed by atoms with Crippen molar-refractivity contribution in [1.29, 1.82) is 5.41 Å². The first-order chi connectivity index (χ1) is 15.6. The summed E-state index contributed by atoms with van der Waals surface area (Å²) >= 11 is 0. The summed E-state index contributed by atoms with van der Waals surface area (Å²) in [5.41, 5.74) is 1.04. The Morgan fingerprint density at radius 3 is 1.97 bits per heavy atom. The molecule has 1 heterocycles. The van der Waals surface area contributed by atoms with Gasteiger partial charge in [-0.15, -0.1) is 17.0 Å². The zero-order valence-electron chi connectivity index (χ0n) is 23.0. The molecule has 1 aliphatic carbocycles. The maximum atomic E-state index is 13.4. The standard InChI is InChI=1S/C29H46N2O3.BrH/c1-9-29(34,10-2)15-18-11-20-16-31(26(30)21(20)12-18)17-24(32)19-13-22(27(3,4)5)25(33)23(14-19)28(6,7)8;/h13-14,18,20-21,30,33-34H,9-12,15-17H2,1-8H3;1H. The van der Waals surface area contributed by atoms with Gasteiger partial charge in [-0.1, -0.05) is 55.4 Å². The fourth-order valence-corrected chi connectivity index (χ4v) is 5.99. The van der Waals surface area contributed by atoms with E-state index in [-0.39, 0.29) is 51.8 Å². The summed E-state index contributed by atoms with van der Waals surface area (Å²) in [6.45, 7) is 17.4. The van der Waals surface area contributed by atoms with Gasteiger partial charge in [0.05, 0.1) is 18.0 Å². The summed E-state index contributed by atoms with van der Waals surface area (Å²) in [5, 5.41) is 30.5. The number of carbonyl (C=O) groups is 1. The van der Waals surface area contributed by atoms with Crippen molar-refractivity contribution in [3.8, 4) is 5.75 Å². The highest BCUT2D eigenvalue weighted by Crippen LogP contribution is 2.46. The van der Waals surface area contributed by atoms with Gasteiger partial charge in [-0.2, -0.15) is 0 Å². The molecule has 2 fully saturated rings. The number of rotatable bonds is 7. The third-order valence-electron chi connectivity index (χ3n) is 8.31. The Labute approximate surface area is 223 Å². The molecular formula is C29H47BrN2O3. The molecule has 1 aromatic rings. The minimum atomic E-state index is -0.588. The highest BCUT2D eigenvalue weighted by Gasteiger charge is 2.46. The maximum Gasteiger partial charge on any atom is 0.182 e. The van der Waals surface area contributed by atoms with Crippen molar-refractivity contribution in [3.05, 3.63) is 28.8 Å². The number of ketones is 1. The van der Waals surface area contributed by atoms with E-state index in [1.807, 2.05) is 30.9 Å². The van der Waals surface area contributed by atoms with E-state index in [1.54, 1.807) is 0 Å². The molecule has 0 radical (unpaired) electrons. The van der Waals surface area contributed by atoms with Crippen molar-refractivity contribution in [1.82, 2.24) is 4.90 Å². The summed E-state index contributed by atoms with van der Waals surface area (Å²) in [6.07, 6.45) is 4.33. The first-order valence-corrected chi connectivity index (χ1v) is 13.1. The number of nitrogens with one attached hydrogen (secondary N) is 1. The van der Waals surface area contributed by atoms with Crippen LogP contribution in [0.1, 0.15) is 109 Å². The van der Waals surface area contributed by atoms with Gasteiger partial charge in [0.1, 0.15) is 5.75 Å². The van der Waals surface area contributed by atoms with Crippen LogP contribution in [0, 0.1) is 23.2 Å². The number of carbonyl (C=O) groups excluding carboxylic acids is 1. The molecular weight excluding hydrogens is 504 g/mol. The van der Waals surface area contributed by atoms with Gasteiger partial charge >= 0.3 is 0 Å². The molecule has 2 aliphatic rings. The number of amidine groups is 1. The predicted molar refractivity (Wildman–Crippen MR) is 149 cm³/mol. The Morgan fingerprint density at radius 2 is 1.54 bits per heavy atom. The number of likely N-dealkylation sites (tertiary alicyclic amines) is 1. The Bertz CT molecular complexity index is 905. The Morgan fingerprint density at radius 1 is 1.03 bits per heavy atom. The molecule has 3 rings (SSSR count). The molecule has 35 heavy (non-hydrogen) atoms. The first-order valence-electron chi connectivity index (χ1n) is 13.1. The molecule has 0 amide bonds. The van der Waals surface area contributed by atoms with E-state index in [1.165, 1.54) is 0 Å². The number of benzene rings is 1. The van der Waals surface area contributed by atoms with Gasteiger partial charge in [0, 0.05) is 29.2 Å². The quantitative estimate of drug-likeness (QED) is 0.333. The van der Waals surface area contributed by atoms with Crippen LogP contribution in [0.15, 0.2) is 12.1 Å². The lowest BCUT2D eigenvalue weighted by Gasteiger charge is -2.29. The van der Waals surface area contributed by atoms with E-state index >= 15 is 0 Å². The van der Waals surface area contributed by atoms with E-state index in [2.05, 4.69) is 41.5 Å².